The van der Waals surface area contributed by atoms with Crippen LogP contribution in [0.4, 0.5) is 5.95 Å². The third-order valence-corrected chi connectivity index (χ3v) is 3.83. The summed E-state index contributed by atoms with van der Waals surface area (Å²) >= 11 is 0. The number of hydrogen-bond donors (Lipinski definition) is 1. The number of hydrogen-bond acceptors (Lipinski definition) is 4. The summed E-state index contributed by atoms with van der Waals surface area (Å²) in [6.07, 6.45) is 4.66. The van der Waals surface area contributed by atoms with E-state index in [1.54, 1.807) is 11.5 Å². The molecule has 0 fully saturated rings. The van der Waals surface area contributed by atoms with E-state index in [9.17, 15) is 4.79 Å². The van der Waals surface area contributed by atoms with Crippen LogP contribution in [0.1, 0.15) is 30.9 Å². The lowest BCUT2D eigenvalue weighted by molar-refractivity contribution is -0.143. The van der Waals surface area contributed by atoms with Crippen molar-refractivity contribution in [3.05, 3.63) is 23.3 Å². The molecule has 3 rings (SSSR count). The van der Waals surface area contributed by atoms with Crippen LogP contribution in [-0.4, -0.2) is 22.1 Å². The second-order valence-electron chi connectivity index (χ2n) is 5.18. The molecule has 0 bridgehead atoms. The highest BCUT2D eigenvalue weighted by atomic mass is 16.5. The number of carbonyl (C=O) groups is 1. The summed E-state index contributed by atoms with van der Waals surface area (Å²) in [5.74, 6) is 0.0895. The van der Waals surface area contributed by atoms with Gasteiger partial charge >= 0.3 is 5.97 Å². The van der Waals surface area contributed by atoms with Crippen LogP contribution in [0.2, 0.25) is 0 Å². The van der Waals surface area contributed by atoms with Crippen molar-refractivity contribution in [1.82, 2.24) is 9.55 Å². The molecule has 0 amide bonds. The molecule has 0 saturated carbocycles. The lowest BCUT2D eigenvalue weighted by atomic mass is 9.91. The molecule has 0 atom stereocenters. The van der Waals surface area contributed by atoms with E-state index in [0.717, 1.165) is 23.9 Å². The first-order valence-electron chi connectivity index (χ1n) is 7.12. The number of ether oxygens (including phenoxy) is 1. The first-order chi connectivity index (χ1) is 9.69. The number of anilines is 1. The number of benzene rings is 1. The lowest BCUT2D eigenvalue weighted by Crippen LogP contribution is -2.15. The molecule has 1 aliphatic rings. The van der Waals surface area contributed by atoms with Gasteiger partial charge in [0.15, 0.2) is 0 Å². The van der Waals surface area contributed by atoms with Crippen molar-refractivity contribution < 1.29 is 9.53 Å². The maximum Gasteiger partial charge on any atom is 0.326 e. The Hall–Kier alpha value is -2.04. The van der Waals surface area contributed by atoms with Gasteiger partial charge in [0, 0.05) is 0 Å². The molecule has 0 radical (unpaired) electrons. The zero-order chi connectivity index (χ0) is 14.1. The quantitative estimate of drug-likeness (QED) is 0.869. The fourth-order valence-corrected chi connectivity index (χ4v) is 2.87. The van der Waals surface area contributed by atoms with Crippen molar-refractivity contribution in [2.45, 2.75) is 39.2 Å². The van der Waals surface area contributed by atoms with Crippen molar-refractivity contribution in [3.63, 3.8) is 0 Å². The molecule has 5 nitrogen and oxygen atoms in total. The number of rotatable bonds is 3. The van der Waals surface area contributed by atoms with Gasteiger partial charge in [0.2, 0.25) is 5.95 Å². The Morgan fingerprint density at radius 1 is 1.35 bits per heavy atom. The standard InChI is InChI=1S/C15H19N3O2/c1-2-20-14(19)9-18-13-8-11-6-4-3-5-10(11)7-12(13)17-15(18)16/h7-8H,2-6,9H2,1H3,(H2,16,17). The molecular weight excluding hydrogens is 254 g/mol. The second kappa shape index (κ2) is 5.15. The number of aromatic nitrogens is 2. The average Bonchev–Trinajstić information content (AvgIpc) is 2.72. The number of fused-ring (bicyclic) bond motifs is 2. The average molecular weight is 273 g/mol. The van der Waals surface area contributed by atoms with Gasteiger partial charge in [-0.3, -0.25) is 9.36 Å². The van der Waals surface area contributed by atoms with Gasteiger partial charge in [-0.15, -0.1) is 0 Å². The minimum atomic E-state index is -0.281. The molecule has 1 heterocycles. The largest absolute Gasteiger partial charge is 0.465 e. The number of imidazole rings is 1. The number of nitrogens with two attached hydrogens (primary N) is 1. The number of esters is 1. The molecule has 0 spiro atoms. The van der Waals surface area contributed by atoms with E-state index >= 15 is 0 Å². The summed E-state index contributed by atoms with van der Waals surface area (Å²) in [4.78, 5) is 16.0. The van der Waals surface area contributed by atoms with E-state index in [0.29, 0.717) is 12.6 Å². The Kier molecular flexibility index (Phi) is 3.34. The van der Waals surface area contributed by atoms with Crippen LogP contribution in [0.25, 0.3) is 11.0 Å². The van der Waals surface area contributed by atoms with E-state index in [1.165, 1.54) is 24.0 Å². The molecule has 20 heavy (non-hydrogen) atoms. The summed E-state index contributed by atoms with van der Waals surface area (Å²) in [7, 11) is 0. The van der Waals surface area contributed by atoms with Crippen molar-refractivity contribution in [2.24, 2.45) is 0 Å². The molecule has 0 aliphatic heterocycles. The van der Waals surface area contributed by atoms with Gasteiger partial charge in [-0.2, -0.15) is 0 Å². The van der Waals surface area contributed by atoms with Crippen molar-refractivity contribution in [2.75, 3.05) is 12.3 Å². The Balaban J connectivity index is 2.03. The van der Waals surface area contributed by atoms with Crippen LogP contribution in [0.3, 0.4) is 0 Å². The Morgan fingerprint density at radius 3 is 2.75 bits per heavy atom. The van der Waals surface area contributed by atoms with Gasteiger partial charge in [0.05, 0.1) is 17.6 Å². The monoisotopic (exact) mass is 273 g/mol. The normalized spacial score (nSPS) is 14.2. The predicted molar refractivity (Wildman–Crippen MR) is 77.4 cm³/mol. The first-order valence-corrected chi connectivity index (χ1v) is 7.12. The van der Waals surface area contributed by atoms with E-state index in [1.807, 2.05) is 0 Å². The molecular formula is C15H19N3O2. The molecule has 0 unspecified atom stereocenters. The predicted octanol–water partition coefficient (Wildman–Crippen LogP) is 2.06. The smallest absolute Gasteiger partial charge is 0.326 e. The van der Waals surface area contributed by atoms with E-state index in [-0.39, 0.29) is 12.5 Å². The third kappa shape index (κ3) is 2.24. The summed E-state index contributed by atoms with van der Waals surface area (Å²) < 4.78 is 6.73. The van der Waals surface area contributed by atoms with Gasteiger partial charge in [-0.25, -0.2) is 4.98 Å². The van der Waals surface area contributed by atoms with Gasteiger partial charge in [-0.05, 0) is 55.9 Å². The molecule has 5 heteroatoms. The van der Waals surface area contributed by atoms with Crippen LogP contribution in [-0.2, 0) is 28.9 Å². The first kappa shape index (κ1) is 13.0. The number of nitrogen functional groups attached to an aromatic ring is 1. The van der Waals surface area contributed by atoms with Crippen molar-refractivity contribution in [1.29, 1.82) is 0 Å². The zero-order valence-corrected chi connectivity index (χ0v) is 11.7. The van der Waals surface area contributed by atoms with Crippen molar-refractivity contribution >= 4 is 23.0 Å². The summed E-state index contributed by atoms with van der Waals surface area (Å²) in [6, 6.07) is 4.24. The maximum atomic E-state index is 11.7. The second-order valence-corrected chi connectivity index (χ2v) is 5.18. The molecule has 1 aromatic heterocycles. The number of carbonyl (C=O) groups excluding carboxylic acids is 1. The topological polar surface area (TPSA) is 70.1 Å². The minimum absolute atomic E-state index is 0.120. The number of aryl methyl sites for hydroxylation is 2. The fourth-order valence-electron chi connectivity index (χ4n) is 2.87. The zero-order valence-electron chi connectivity index (χ0n) is 11.7. The maximum absolute atomic E-state index is 11.7. The minimum Gasteiger partial charge on any atom is -0.465 e. The van der Waals surface area contributed by atoms with Gasteiger partial charge in [0.25, 0.3) is 0 Å². The van der Waals surface area contributed by atoms with Gasteiger partial charge in [-0.1, -0.05) is 0 Å². The van der Waals surface area contributed by atoms with Crippen molar-refractivity contribution in [3.8, 4) is 0 Å². The highest BCUT2D eigenvalue weighted by Gasteiger charge is 2.16. The molecule has 106 valence electrons. The van der Waals surface area contributed by atoms with Gasteiger partial charge < -0.3 is 10.5 Å². The lowest BCUT2D eigenvalue weighted by Gasteiger charge is -2.15. The molecule has 1 aliphatic carbocycles. The third-order valence-electron chi connectivity index (χ3n) is 3.83. The summed E-state index contributed by atoms with van der Waals surface area (Å²) in [5.41, 5.74) is 10.5. The molecule has 0 saturated heterocycles. The summed E-state index contributed by atoms with van der Waals surface area (Å²) in [5, 5.41) is 0. The van der Waals surface area contributed by atoms with Crippen LogP contribution >= 0.6 is 0 Å². The Morgan fingerprint density at radius 2 is 2.05 bits per heavy atom. The van der Waals surface area contributed by atoms with Crippen LogP contribution in [0.5, 0.6) is 0 Å². The molecule has 1 aromatic carbocycles. The van der Waals surface area contributed by atoms with Crippen LogP contribution < -0.4 is 5.73 Å². The van der Waals surface area contributed by atoms with E-state index in [2.05, 4.69) is 17.1 Å². The Bertz CT molecular complexity index is 661. The highest BCUT2D eigenvalue weighted by molar-refractivity contribution is 5.82. The van der Waals surface area contributed by atoms with E-state index in [4.69, 9.17) is 10.5 Å². The fraction of sp³-hybridized carbons (Fsp3) is 0.467. The highest BCUT2D eigenvalue weighted by Crippen LogP contribution is 2.27. The van der Waals surface area contributed by atoms with E-state index < -0.39 is 0 Å². The number of nitrogens with zero attached hydrogens (tertiary/aromatic N) is 2. The van der Waals surface area contributed by atoms with Crippen LogP contribution in [0, 0.1) is 0 Å². The van der Waals surface area contributed by atoms with Gasteiger partial charge in [0.1, 0.15) is 6.54 Å². The molecule has 2 N–H and O–H groups in total. The Labute approximate surface area is 117 Å². The molecule has 2 aromatic rings. The summed E-state index contributed by atoms with van der Waals surface area (Å²) in [6.45, 7) is 2.29. The van der Waals surface area contributed by atoms with Crippen LogP contribution in [0.15, 0.2) is 12.1 Å². The SMILES string of the molecule is CCOC(=O)Cn1c(N)nc2cc3c(cc21)CCCC3.